The molecular formula is C13H13FN2O3. The highest BCUT2D eigenvalue weighted by atomic mass is 19.1. The predicted molar refractivity (Wildman–Crippen MR) is 67.8 cm³/mol. The Kier molecular flexibility index (Phi) is 5.03. The first-order valence-electron chi connectivity index (χ1n) is 5.37. The van der Waals surface area contributed by atoms with Crippen molar-refractivity contribution in [2.45, 2.75) is 12.5 Å². The molecule has 1 unspecified atom stereocenters. The van der Waals surface area contributed by atoms with Gasteiger partial charge in [-0.15, -0.1) is 12.3 Å². The second kappa shape index (κ2) is 6.52. The van der Waals surface area contributed by atoms with Crippen molar-refractivity contribution in [2.24, 2.45) is 5.73 Å². The highest BCUT2D eigenvalue weighted by Gasteiger charge is 2.16. The summed E-state index contributed by atoms with van der Waals surface area (Å²) in [4.78, 5) is 22.9. The molecule has 0 aliphatic heterocycles. The maximum absolute atomic E-state index is 13.4. The molecule has 6 heteroatoms. The Morgan fingerprint density at radius 1 is 1.58 bits per heavy atom. The van der Waals surface area contributed by atoms with Crippen molar-refractivity contribution in [3.63, 3.8) is 0 Å². The van der Waals surface area contributed by atoms with E-state index in [1.54, 1.807) is 0 Å². The minimum atomic E-state index is -0.864. The number of ether oxygens (including phenoxy) is 1. The molecule has 0 aromatic heterocycles. The molecule has 19 heavy (non-hydrogen) atoms. The van der Waals surface area contributed by atoms with Crippen molar-refractivity contribution in [1.82, 2.24) is 0 Å². The number of methoxy groups -OCH3 is 1. The van der Waals surface area contributed by atoms with E-state index in [1.165, 1.54) is 12.1 Å². The lowest BCUT2D eigenvalue weighted by atomic mass is 10.1. The number of hydrogen-bond acceptors (Lipinski definition) is 4. The molecule has 1 amide bonds. The summed E-state index contributed by atoms with van der Waals surface area (Å²) in [7, 11) is 1.13. The van der Waals surface area contributed by atoms with Gasteiger partial charge in [0.1, 0.15) is 5.82 Å². The number of nitrogens with two attached hydrogens (primary N) is 1. The second-order valence-electron chi connectivity index (χ2n) is 3.69. The average Bonchev–Trinajstić information content (AvgIpc) is 2.40. The smallest absolute Gasteiger partial charge is 0.340 e. The van der Waals surface area contributed by atoms with E-state index in [0.717, 1.165) is 13.2 Å². The van der Waals surface area contributed by atoms with Crippen LogP contribution in [-0.4, -0.2) is 25.0 Å². The number of benzene rings is 1. The number of esters is 1. The van der Waals surface area contributed by atoms with Gasteiger partial charge >= 0.3 is 5.97 Å². The third-order valence-corrected chi connectivity index (χ3v) is 2.31. The highest BCUT2D eigenvalue weighted by molar-refractivity contribution is 5.97. The van der Waals surface area contributed by atoms with E-state index in [1.807, 2.05) is 0 Å². The van der Waals surface area contributed by atoms with Gasteiger partial charge in [-0.2, -0.15) is 0 Å². The Labute approximate surface area is 109 Å². The van der Waals surface area contributed by atoms with Gasteiger partial charge in [-0.3, -0.25) is 4.79 Å². The molecule has 100 valence electrons. The number of carbonyl (C=O) groups is 2. The number of halogens is 1. The monoisotopic (exact) mass is 264 g/mol. The fourth-order valence-corrected chi connectivity index (χ4v) is 1.32. The fourth-order valence-electron chi connectivity index (χ4n) is 1.32. The van der Waals surface area contributed by atoms with E-state index in [9.17, 15) is 14.0 Å². The van der Waals surface area contributed by atoms with Crippen molar-refractivity contribution >= 4 is 17.6 Å². The maximum Gasteiger partial charge on any atom is 0.340 e. The molecule has 1 aromatic rings. The highest BCUT2D eigenvalue weighted by Crippen LogP contribution is 2.16. The molecule has 0 spiro atoms. The predicted octanol–water partition coefficient (Wildman–Crippen LogP) is 0.901. The summed E-state index contributed by atoms with van der Waals surface area (Å²) in [5, 5.41) is 2.44. The third kappa shape index (κ3) is 3.79. The number of rotatable bonds is 4. The summed E-state index contributed by atoms with van der Waals surface area (Å²) in [5.41, 5.74) is 5.47. The molecule has 1 atom stereocenters. The molecule has 0 aliphatic carbocycles. The van der Waals surface area contributed by atoms with Crippen molar-refractivity contribution in [3.05, 3.63) is 29.6 Å². The van der Waals surface area contributed by atoms with Gasteiger partial charge in [-0.1, -0.05) is 0 Å². The van der Waals surface area contributed by atoms with Gasteiger partial charge in [0.25, 0.3) is 0 Å². The molecule has 0 bridgehead atoms. The Morgan fingerprint density at radius 2 is 2.26 bits per heavy atom. The molecular weight excluding hydrogens is 251 g/mol. The van der Waals surface area contributed by atoms with Crippen LogP contribution in [0.5, 0.6) is 0 Å². The Hall–Kier alpha value is -2.39. The number of terminal acetylenes is 1. The fraction of sp³-hybridized carbons (Fsp3) is 0.231. The first kappa shape index (κ1) is 14.7. The van der Waals surface area contributed by atoms with Crippen LogP contribution in [0.2, 0.25) is 0 Å². The van der Waals surface area contributed by atoms with Gasteiger partial charge < -0.3 is 15.8 Å². The van der Waals surface area contributed by atoms with E-state index >= 15 is 0 Å². The van der Waals surface area contributed by atoms with Gasteiger partial charge in [-0.25, -0.2) is 9.18 Å². The number of amides is 1. The Balaban J connectivity index is 2.89. The zero-order chi connectivity index (χ0) is 14.4. The first-order chi connectivity index (χ1) is 8.99. The summed E-state index contributed by atoms with van der Waals surface area (Å²) in [6.45, 7) is 0. The SMILES string of the molecule is C#CCC(N)C(=O)Nc1ccc(F)c(C(=O)OC)c1. The molecule has 1 aromatic carbocycles. The number of carbonyl (C=O) groups excluding carboxylic acids is 2. The standard InChI is InChI=1S/C13H13FN2O3/c1-3-4-11(15)12(17)16-8-5-6-10(14)9(7-8)13(18)19-2/h1,5-7,11H,4,15H2,2H3,(H,16,17). The minimum absolute atomic E-state index is 0.0802. The summed E-state index contributed by atoms with van der Waals surface area (Å²) in [6, 6.07) is 2.66. The molecule has 0 heterocycles. The van der Waals surface area contributed by atoms with E-state index < -0.39 is 23.7 Å². The van der Waals surface area contributed by atoms with Gasteiger partial charge in [0.15, 0.2) is 0 Å². The zero-order valence-corrected chi connectivity index (χ0v) is 10.3. The van der Waals surface area contributed by atoms with Crippen LogP contribution < -0.4 is 11.1 Å². The van der Waals surface area contributed by atoms with E-state index in [2.05, 4.69) is 16.0 Å². The molecule has 0 saturated heterocycles. The maximum atomic E-state index is 13.4. The zero-order valence-electron chi connectivity index (χ0n) is 10.3. The lowest BCUT2D eigenvalue weighted by Crippen LogP contribution is -2.35. The van der Waals surface area contributed by atoms with Crippen molar-refractivity contribution < 1.29 is 18.7 Å². The summed E-state index contributed by atoms with van der Waals surface area (Å²) >= 11 is 0. The van der Waals surface area contributed by atoms with Crippen LogP contribution in [0.3, 0.4) is 0 Å². The topological polar surface area (TPSA) is 81.4 Å². The molecule has 3 N–H and O–H groups in total. The molecule has 1 rings (SSSR count). The average molecular weight is 264 g/mol. The first-order valence-corrected chi connectivity index (χ1v) is 5.37. The number of hydrogen-bond donors (Lipinski definition) is 2. The largest absolute Gasteiger partial charge is 0.465 e. The molecule has 0 radical (unpaired) electrons. The molecule has 5 nitrogen and oxygen atoms in total. The second-order valence-corrected chi connectivity index (χ2v) is 3.69. The minimum Gasteiger partial charge on any atom is -0.465 e. The molecule has 0 fully saturated rings. The van der Waals surface area contributed by atoms with Crippen LogP contribution in [0.1, 0.15) is 16.8 Å². The van der Waals surface area contributed by atoms with E-state index in [-0.39, 0.29) is 17.7 Å². The summed E-state index contributed by atoms with van der Waals surface area (Å²) in [5.74, 6) is 0.178. The van der Waals surface area contributed by atoms with Crippen molar-refractivity contribution in [3.8, 4) is 12.3 Å². The van der Waals surface area contributed by atoms with Crippen molar-refractivity contribution in [2.75, 3.05) is 12.4 Å². The quantitative estimate of drug-likeness (QED) is 0.625. The summed E-state index contributed by atoms with van der Waals surface area (Å²) < 4.78 is 17.8. The van der Waals surface area contributed by atoms with Crippen LogP contribution in [0, 0.1) is 18.2 Å². The van der Waals surface area contributed by atoms with Gasteiger partial charge in [0.05, 0.1) is 18.7 Å². The Bertz CT molecular complexity index is 537. The van der Waals surface area contributed by atoms with Gasteiger partial charge in [0, 0.05) is 12.1 Å². The lowest BCUT2D eigenvalue weighted by molar-refractivity contribution is -0.117. The van der Waals surface area contributed by atoms with Crippen LogP contribution in [0.15, 0.2) is 18.2 Å². The van der Waals surface area contributed by atoms with E-state index in [0.29, 0.717) is 0 Å². The number of nitrogens with one attached hydrogen (secondary N) is 1. The van der Waals surface area contributed by atoms with Gasteiger partial charge in [-0.05, 0) is 18.2 Å². The third-order valence-electron chi connectivity index (χ3n) is 2.31. The van der Waals surface area contributed by atoms with Crippen LogP contribution in [0.25, 0.3) is 0 Å². The lowest BCUT2D eigenvalue weighted by Gasteiger charge is -2.10. The van der Waals surface area contributed by atoms with Gasteiger partial charge in [0.2, 0.25) is 5.91 Å². The normalized spacial score (nSPS) is 11.3. The van der Waals surface area contributed by atoms with Crippen LogP contribution in [0.4, 0.5) is 10.1 Å². The molecule has 0 aliphatic rings. The molecule has 0 saturated carbocycles. The summed E-state index contributed by atoms with van der Waals surface area (Å²) in [6.07, 6.45) is 5.12. The Morgan fingerprint density at radius 3 is 2.84 bits per heavy atom. The van der Waals surface area contributed by atoms with E-state index in [4.69, 9.17) is 12.2 Å². The van der Waals surface area contributed by atoms with Crippen LogP contribution in [-0.2, 0) is 9.53 Å². The van der Waals surface area contributed by atoms with Crippen molar-refractivity contribution in [1.29, 1.82) is 0 Å². The number of anilines is 1. The van der Waals surface area contributed by atoms with Crippen LogP contribution >= 0.6 is 0 Å².